The predicted octanol–water partition coefficient (Wildman–Crippen LogP) is 2.89. The molecule has 2 aromatic carbocycles. The van der Waals surface area contributed by atoms with Crippen molar-refractivity contribution < 1.29 is 26.7 Å². The molecule has 1 aliphatic heterocycles. The maximum atomic E-state index is 14.3. The molecule has 0 aliphatic carbocycles. The fraction of sp³-hybridized carbons (Fsp3) is 0.235. The normalized spacial score (nSPS) is 14.1. The Balaban J connectivity index is 2.08. The molecule has 0 saturated heterocycles. The third-order valence-corrected chi connectivity index (χ3v) is 5.88. The van der Waals surface area contributed by atoms with E-state index in [4.69, 9.17) is 0 Å². The van der Waals surface area contributed by atoms with Crippen molar-refractivity contribution in [2.45, 2.75) is 17.7 Å². The topological polar surface area (TPSA) is 63.7 Å². The summed E-state index contributed by atoms with van der Waals surface area (Å²) < 4.78 is 58.6. The van der Waals surface area contributed by atoms with Crippen LogP contribution in [0.5, 0.6) is 0 Å². The second kappa shape index (κ2) is 6.44. The monoisotopic (exact) mass is 367 g/mol. The quantitative estimate of drug-likeness (QED) is 0.783. The number of nitrogens with zero attached hydrogens (tertiary/aromatic N) is 1. The molecule has 0 amide bonds. The SMILES string of the molecule is COC(=O)c1cc2c(cc1F)N(S(=O)(=O)c1ccc(F)cc1)CCC2. The minimum Gasteiger partial charge on any atom is -0.465 e. The van der Waals surface area contributed by atoms with Crippen molar-refractivity contribution in [1.29, 1.82) is 0 Å². The number of benzene rings is 2. The lowest BCUT2D eigenvalue weighted by Gasteiger charge is -2.30. The van der Waals surface area contributed by atoms with Crippen LogP contribution in [0.1, 0.15) is 22.3 Å². The number of aryl methyl sites for hydroxylation is 1. The molecule has 0 N–H and O–H groups in total. The van der Waals surface area contributed by atoms with Crippen LogP contribution in [0, 0.1) is 11.6 Å². The summed E-state index contributed by atoms with van der Waals surface area (Å²) >= 11 is 0. The van der Waals surface area contributed by atoms with Crippen molar-refractivity contribution in [2.24, 2.45) is 0 Å². The number of fused-ring (bicyclic) bond motifs is 1. The fourth-order valence-electron chi connectivity index (χ4n) is 2.82. The molecule has 0 spiro atoms. The number of carbonyl (C=O) groups is 1. The van der Waals surface area contributed by atoms with Crippen LogP contribution >= 0.6 is 0 Å². The Morgan fingerprint density at radius 2 is 1.84 bits per heavy atom. The Hall–Kier alpha value is -2.48. The number of halogens is 2. The first-order valence-corrected chi connectivity index (χ1v) is 8.97. The minimum absolute atomic E-state index is 0.0841. The summed E-state index contributed by atoms with van der Waals surface area (Å²) in [5.41, 5.74) is 0.488. The molecule has 5 nitrogen and oxygen atoms in total. The van der Waals surface area contributed by atoms with Crippen molar-refractivity contribution >= 4 is 21.7 Å². The van der Waals surface area contributed by atoms with Crippen LogP contribution in [-0.2, 0) is 21.2 Å². The molecule has 0 fully saturated rings. The molecule has 8 heteroatoms. The van der Waals surface area contributed by atoms with Gasteiger partial charge < -0.3 is 4.74 Å². The molecule has 3 rings (SSSR count). The molecule has 0 bridgehead atoms. The van der Waals surface area contributed by atoms with E-state index in [0.29, 0.717) is 18.4 Å². The molecule has 1 aliphatic rings. The first-order valence-electron chi connectivity index (χ1n) is 7.53. The summed E-state index contributed by atoms with van der Waals surface area (Å²) in [7, 11) is -2.82. The summed E-state index contributed by atoms with van der Waals surface area (Å²) in [5.74, 6) is -2.22. The number of methoxy groups -OCH3 is 1. The number of carbonyl (C=O) groups excluding carboxylic acids is 1. The number of hydrogen-bond donors (Lipinski definition) is 0. The zero-order chi connectivity index (χ0) is 18.2. The predicted molar refractivity (Wildman–Crippen MR) is 87.0 cm³/mol. The Bertz CT molecular complexity index is 926. The van der Waals surface area contributed by atoms with E-state index >= 15 is 0 Å². The van der Waals surface area contributed by atoms with Crippen LogP contribution in [0.15, 0.2) is 41.3 Å². The maximum absolute atomic E-state index is 14.3. The van der Waals surface area contributed by atoms with Gasteiger partial charge in [-0.1, -0.05) is 0 Å². The molecule has 2 aromatic rings. The number of sulfonamides is 1. The van der Waals surface area contributed by atoms with E-state index in [9.17, 15) is 22.0 Å². The van der Waals surface area contributed by atoms with Crippen LogP contribution in [0.25, 0.3) is 0 Å². The number of anilines is 1. The van der Waals surface area contributed by atoms with Gasteiger partial charge in [-0.25, -0.2) is 22.0 Å². The average Bonchev–Trinajstić information content (AvgIpc) is 2.60. The van der Waals surface area contributed by atoms with Crippen molar-refractivity contribution in [3.05, 3.63) is 59.2 Å². The van der Waals surface area contributed by atoms with Gasteiger partial charge in [-0.2, -0.15) is 0 Å². The lowest BCUT2D eigenvalue weighted by Crippen LogP contribution is -2.35. The molecular formula is C17H15F2NO4S. The third-order valence-electron chi connectivity index (χ3n) is 4.05. The highest BCUT2D eigenvalue weighted by molar-refractivity contribution is 7.92. The zero-order valence-corrected chi connectivity index (χ0v) is 14.1. The van der Waals surface area contributed by atoms with Crippen LogP contribution in [0.4, 0.5) is 14.5 Å². The van der Waals surface area contributed by atoms with E-state index in [1.807, 2.05) is 0 Å². The van der Waals surface area contributed by atoms with Crippen molar-refractivity contribution in [3.63, 3.8) is 0 Å². The second-order valence-electron chi connectivity index (χ2n) is 5.59. The van der Waals surface area contributed by atoms with E-state index < -0.39 is 27.6 Å². The second-order valence-corrected chi connectivity index (χ2v) is 7.45. The number of hydrogen-bond acceptors (Lipinski definition) is 4. The smallest absolute Gasteiger partial charge is 0.340 e. The molecule has 0 aromatic heterocycles. The third kappa shape index (κ3) is 3.09. The number of rotatable bonds is 3. The van der Waals surface area contributed by atoms with Crippen molar-refractivity contribution in [1.82, 2.24) is 0 Å². The lowest BCUT2D eigenvalue weighted by molar-refractivity contribution is 0.0595. The first kappa shape index (κ1) is 17.3. The zero-order valence-electron chi connectivity index (χ0n) is 13.3. The molecule has 0 atom stereocenters. The van der Waals surface area contributed by atoms with Crippen LogP contribution < -0.4 is 4.31 Å². The van der Waals surface area contributed by atoms with Gasteiger partial charge in [0.1, 0.15) is 11.6 Å². The lowest BCUT2D eigenvalue weighted by atomic mass is 10.0. The van der Waals surface area contributed by atoms with E-state index in [1.165, 1.54) is 6.07 Å². The highest BCUT2D eigenvalue weighted by atomic mass is 32.2. The number of ether oxygens (including phenoxy) is 1. The van der Waals surface area contributed by atoms with E-state index in [1.54, 1.807) is 0 Å². The minimum atomic E-state index is -3.96. The maximum Gasteiger partial charge on any atom is 0.340 e. The summed E-state index contributed by atoms with van der Waals surface area (Å²) in [5, 5.41) is 0. The fourth-order valence-corrected chi connectivity index (χ4v) is 4.36. The van der Waals surface area contributed by atoms with Crippen LogP contribution in [-0.4, -0.2) is 28.0 Å². The highest BCUT2D eigenvalue weighted by Crippen LogP contribution is 2.34. The largest absolute Gasteiger partial charge is 0.465 e. The van der Waals surface area contributed by atoms with Crippen molar-refractivity contribution in [2.75, 3.05) is 18.0 Å². The standard InChI is InChI=1S/C17H15F2NO4S/c1-24-17(21)14-9-11-3-2-8-20(16(11)10-15(14)19)25(22,23)13-6-4-12(18)5-7-13/h4-7,9-10H,2-3,8H2,1H3. The van der Waals surface area contributed by atoms with Crippen LogP contribution in [0.2, 0.25) is 0 Å². The molecule has 25 heavy (non-hydrogen) atoms. The van der Waals surface area contributed by atoms with E-state index in [0.717, 1.165) is 41.7 Å². The molecule has 0 radical (unpaired) electrons. The number of esters is 1. The van der Waals surface area contributed by atoms with E-state index in [-0.39, 0.29) is 22.7 Å². The molecule has 0 unspecified atom stereocenters. The van der Waals surface area contributed by atoms with Gasteiger partial charge in [0.2, 0.25) is 0 Å². The summed E-state index contributed by atoms with van der Waals surface area (Å²) in [4.78, 5) is 11.5. The van der Waals surface area contributed by atoms with Gasteiger partial charge >= 0.3 is 5.97 Å². The van der Waals surface area contributed by atoms with Gasteiger partial charge in [0.05, 0.1) is 23.3 Å². The average molecular weight is 367 g/mol. The van der Waals surface area contributed by atoms with E-state index in [2.05, 4.69) is 4.74 Å². The van der Waals surface area contributed by atoms with Crippen molar-refractivity contribution in [3.8, 4) is 0 Å². The van der Waals surface area contributed by atoms with Gasteiger partial charge in [0, 0.05) is 6.54 Å². The Labute approximate surface area is 143 Å². The van der Waals surface area contributed by atoms with Gasteiger partial charge in [-0.05, 0) is 54.8 Å². The van der Waals surface area contributed by atoms with Gasteiger partial charge in [0.25, 0.3) is 10.0 Å². The summed E-state index contributed by atoms with van der Waals surface area (Å²) in [6, 6.07) is 6.79. The van der Waals surface area contributed by atoms with Crippen LogP contribution in [0.3, 0.4) is 0 Å². The van der Waals surface area contributed by atoms with Gasteiger partial charge in [-0.15, -0.1) is 0 Å². The summed E-state index contributed by atoms with van der Waals surface area (Å²) in [6.07, 6.45) is 1.02. The van der Waals surface area contributed by atoms with Gasteiger partial charge in [-0.3, -0.25) is 4.31 Å². The van der Waals surface area contributed by atoms with Gasteiger partial charge in [0.15, 0.2) is 0 Å². The molecule has 0 saturated carbocycles. The Morgan fingerprint density at radius 3 is 2.48 bits per heavy atom. The molecule has 1 heterocycles. The Kier molecular flexibility index (Phi) is 4.47. The molecule has 132 valence electrons. The summed E-state index contributed by atoms with van der Waals surface area (Å²) in [6.45, 7) is 0.170. The Morgan fingerprint density at radius 1 is 1.16 bits per heavy atom. The first-order chi connectivity index (χ1) is 11.8. The highest BCUT2D eigenvalue weighted by Gasteiger charge is 2.31. The molecular weight excluding hydrogens is 352 g/mol.